The highest BCUT2D eigenvalue weighted by Gasteiger charge is 2.31. The smallest absolute Gasteiger partial charge is 0.239 e. The molecule has 1 aromatic heterocycles. The van der Waals surface area contributed by atoms with Crippen LogP contribution < -0.4 is 30.1 Å². The Kier molecular flexibility index (Phi) is 7.50. The molecule has 2 fully saturated rings. The van der Waals surface area contributed by atoms with Crippen molar-refractivity contribution in [3.05, 3.63) is 60.4 Å². The van der Waals surface area contributed by atoms with Gasteiger partial charge < -0.3 is 10.7 Å². The minimum Gasteiger partial charge on any atom is -0.325 e. The van der Waals surface area contributed by atoms with Crippen molar-refractivity contribution in [3.63, 3.8) is 0 Å². The number of fused-ring (bicyclic) bond motifs is 2. The molecule has 4 aliphatic heterocycles. The lowest BCUT2D eigenvalue weighted by molar-refractivity contribution is -0.505. The zero-order valence-corrected chi connectivity index (χ0v) is 24.8. The van der Waals surface area contributed by atoms with Crippen LogP contribution >= 0.6 is 23.3 Å². The number of hydrogen-bond donors (Lipinski definition) is 3. The fourth-order valence-corrected chi connectivity index (χ4v) is 7.81. The second-order valence-electron chi connectivity index (χ2n) is 11.5. The fraction of sp³-hybridized carbons (Fsp3) is 0.419. The molecule has 0 atom stereocenters. The molecule has 0 bridgehead atoms. The fourth-order valence-electron chi connectivity index (χ4n) is 6.61. The second kappa shape index (κ2) is 11.5. The first-order chi connectivity index (χ1) is 20.2. The number of halogens is 1. The highest BCUT2D eigenvalue weighted by Crippen LogP contribution is 2.37. The van der Waals surface area contributed by atoms with E-state index in [0.717, 1.165) is 48.0 Å². The first-order valence-electron chi connectivity index (χ1n) is 14.9. The third-order valence-corrected chi connectivity index (χ3v) is 10.0. The van der Waals surface area contributed by atoms with Gasteiger partial charge in [-0.2, -0.15) is 3.79 Å². The highest BCUT2D eigenvalue weighted by molar-refractivity contribution is 6.96. The Bertz CT molecular complexity index is 1530. The van der Waals surface area contributed by atoms with Gasteiger partial charge in [0.1, 0.15) is 17.1 Å². The number of anilines is 3. The maximum atomic E-state index is 11.8. The number of carbonyl (C=O) groups excluding carboxylic acids is 1. The molecule has 214 valence electrons. The summed E-state index contributed by atoms with van der Waals surface area (Å²) in [5.41, 5.74) is 13.5. The Hall–Kier alpha value is -3.27. The van der Waals surface area contributed by atoms with Crippen LogP contribution in [0.2, 0.25) is 0 Å². The molecule has 8 nitrogen and oxygen atoms in total. The van der Waals surface area contributed by atoms with E-state index < -0.39 is 0 Å². The Morgan fingerprint density at radius 3 is 2.54 bits per heavy atom. The van der Waals surface area contributed by atoms with Crippen LogP contribution in [-0.4, -0.2) is 28.7 Å². The Labute approximate surface area is 250 Å². The van der Waals surface area contributed by atoms with E-state index in [-0.39, 0.29) is 11.8 Å². The summed E-state index contributed by atoms with van der Waals surface area (Å²) in [6, 6.07) is 17.0. The summed E-state index contributed by atoms with van der Waals surface area (Å²) in [5.74, 6) is 2.83. The van der Waals surface area contributed by atoms with Gasteiger partial charge in [-0.3, -0.25) is 9.69 Å². The number of alkyl halides is 1. The molecule has 0 radical (unpaired) electrons. The van der Waals surface area contributed by atoms with Crippen molar-refractivity contribution in [2.24, 2.45) is 5.92 Å². The summed E-state index contributed by atoms with van der Waals surface area (Å²) < 4.78 is 4.71. The van der Waals surface area contributed by atoms with Crippen molar-refractivity contribution in [1.82, 2.24) is 14.8 Å². The van der Waals surface area contributed by atoms with E-state index in [2.05, 4.69) is 76.5 Å². The molecule has 10 heteroatoms. The van der Waals surface area contributed by atoms with Gasteiger partial charge in [0.05, 0.1) is 18.7 Å². The van der Waals surface area contributed by atoms with E-state index in [9.17, 15) is 4.79 Å². The quantitative estimate of drug-likeness (QED) is 0.177. The molecular formula is C31H37ClN7OS+. The molecule has 41 heavy (non-hydrogen) atoms. The minimum absolute atomic E-state index is 0.0599. The lowest BCUT2D eigenvalue weighted by atomic mass is 9.86. The zero-order valence-electron chi connectivity index (χ0n) is 23.2. The number of benzene rings is 1. The van der Waals surface area contributed by atoms with E-state index >= 15 is 0 Å². The molecule has 5 aliphatic rings. The van der Waals surface area contributed by atoms with Crippen LogP contribution in [0.5, 0.6) is 0 Å². The van der Waals surface area contributed by atoms with Gasteiger partial charge in [-0.1, -0.05) is 44.2 Å². The molecule has 1 saturated heterocycles. The van der Waals surface area contributed by atoms with Gasteiger partial charge in [0.2, 0.25) is 17.5 Å². The summed E-state index contributed by atoms with van der Waals surface area (Å²) in [4.78, 5) is 14.4. The van der Waals surface area contributed by atoms with E-state index in [1.807, 2.05) is 12.1 Å². The first-order valence-corrected chi connectivity index (χ1v) is 16.2. The molecule has 7 rings (SSSR count). The average Bonchev–Trinajstić information content (AvgIpc) is 3.76. The molecule has 1 aromatic carbocycles. The summed E-state index contributed by atoms with van der Waals surface area (Å²) in [5, 5.41) is 4.97. The van der Waals surface area contributed by atoms with Crippen molar-refractivity contribution < 1.29 is 8.75 Å². The van der Waals surface area contributed by atoms with E-state index in [4.69, 9.17) is 11.6 Å². The van der Waals surface area contributed by atoms with Crippen molar-refractivity contribution in [3.8, 4) is 16.8 Å². The zero-order chi connectivity index (χ0) is 27.8. The Morgan fingerprint density at radius 2 is 1.76 bits per heavy atom. The summed E-state index contributed by atoms with van der Waals surface area (Å²) >= 11 is 7.44. The summed E-state index contributed by atoms with van der Waals surface area (Å²) in [7, 11) is 0. The number of rotatable bonds is 7. The monoisotopic (exact) mass is 590 g/mol. The number of nitrogens with zero attached hydrogens (tertiary/aromatic N) is 4. The lowest BCUT2D eigenvalue weighted by Gasteiger charge is -2.24. The first kappa shape index (κ1) is 26.6. The van der Waals surface area contributed by atoms with E-state index in [1.54, 1.807) is 11.7 Å². The van der Waals surface area contributed by atoms with Gasteiger partial charge >= 0.3 is 0 Å². The summed E-state index contributed by atoms with van der Waals surface area (Å²) in [6.45, 7) is 2.18. The molecule has 5 heterocycles. The minimum atomic E-state index is -0.206. The van der Waals surface area contributed by atoms with Gasteiger partial charge in [0.25, 0.3) is 0 Å². The maximum Gasteiger partial charge on any atom is 0.239 e. The van der Waals surface area contributed by atoms with E-state index in [1.165, 1.54) is 74.1 Å². The number of carbonyl (C=O) groups is 1. The molecular weight excluding hydrogens is 554 g/mol. The van der Waals surface area contributed by atoms with Gasteiger partial charge in [-0.25, -0.2) is 5.01 Å². The number of piperidine rings is 1. The van der Waals surface area contributed by atoms with E-state index in [0.29, 0.717) is 0 Å². The van der Waals surface area contributed by atoms with Crippen LogP contribution in [0.15, 0.2) is 60.4 Å². The normalized spacial score (nSPS) is 18.2. The van der Waals surface area contributed by atoms with Crippen molar-refractivity contribution in [2.45, 2.75) is 57.8 Å². The maximum absolute atomic E-state index is 11.8. The highest BCUT2D eigenvalue weighted by atomic mass is 35.5. The van der Waals surface area contributed by atoms with Crippen LogP contribution in [0.3, 0.4) is 0 Å². The van der Waals surface area contributed by atoms with Crippen molar-refractivity contribution in [2.75, 3.05) is 34.2 Å². The predicted molar refractivity (Wildman–Crippen MR) is 167 cm³/mol. The molecule has 1 saturated carbocycles. The average molecular weight is 591 g/mol. The largest absolute Gasteiger partial charge is 0.325 e. The number of nitrogens with one attached hydrogen (secondary N) is 3. The molecule has 1 amide bonds. The van der Waals surface area contributed by atoms with Crippen molar-refractivity contribution in [1.29, 1.82) is 0 Å². The van der Waals surface area contributed by atoms with Gasteiger partial charge in [0, 0.05) is 29.7 Å². The van der Waals surface area contributed by atoms with Gasteiger partial charge in [-0.15, -0.1) is 21.1 Å². The number of amides is 1. The van der Waals surface area contributed by atoms with Crippen LogP contribution in [0.25, 0.3) is 22.3 Å². The van der Waals surface area contributed by atoms with Crippen LogP contribution in [0, 0.1) is 5.92 Å². The van der Waals surface area contributed by atoms with Crippen LogP contribution in [0.4, 0.5) is 17.3 Å². The summed E-state index contributed by atoms with van der Waals surface area (Å²) in [6.07, 6.45) is 13.8. The van der Waals surface area contributed by atoms with Crippen LogP contribution in [0.1, 0.15) is 57.8 Å². The molecule has 1 aliphatic carbocycles. The van der Waals surface area contributed by atoms with Crippen LogP contribution in [-0.2, 0) is 4.79 Å². The standard InChI is InChI=1S/C31H36ClN7OS/c32-20-28(40)33-24-11-9-23(10-12-24)31-26-13-15-29(36-17-5-2-6-18-36)38(26)41-39-27(31)14-16-30(39)37-21-25(34-35-37)19-22-7-3-1-4-8-22/h9-16,21-22,34-35H,1-8,17-20H2/p+1. The third kappa shape index (κ3) is 5.27. The molecule has 0 unspecified atom stereocenters. The number of aromatic nitrogens is 2. The Morgan fingerprint density at radius 1 is 0.976 bits per heavy atom. The number of hydrazine groups is 2. The number of allylic oxidation sites excluding steroid dienone is 1. The number of hydrogen-bond acceptors (Lipinski definition) is 6. The predicted octanol–water partition coefficient (Wildman–Crippen LogP) is 6.19. The van der Waals surface area contributed by atoms with Gasteiger partial charge in [0.15, 0.2) is 11.7 Å². The Balaban J connectivity index is 1.29. The SMILES string of the molecule is O=C(CCl)Nc1ccc(-c2c3ccc(N4CCCCC4)[n+]-3sn3c(N4C=C(CC5CCCCC5)NN4)ccc23)cc1. The van der Waals surface area contributed by atoms with Gasteiger partial charge in [-0.05, 0) is 61.4 Å². The topological polar surface area (TPSA) is 67.9 Å². The third-order valence-electron chi connectivity index (χ3n) is 8.67. The molecule has 0 spiro atoms. The van der Waals surface area contributed by atoms with Crippen molar-refractivity contribution >= 4 is 52.1 Å². The lowest BCUT2D eigenvalue weighted by Crippen LogP contribution is -2.40. The molecule has 2 aromatic rings. The second-order valence-corrected chi connectivity index (χ2v) is 12.6. The molecule has 3 N–H and O–H groups in total.